The first kappa shape index (κ1) is 91.4. The van der Waals surface area contributed by atoms with Crippen LogP contribution < -0.4 is 4.89 Å². The number of ether oxygens (including phenoxy) is 2. The number of esters is 2. The van der Waals surface area contributed by atoms with Crippen molar-refractivity contribution in [2.24, 2.45) is 0 Å². The molecule has 0 saturated carbocycles. The second-order valence-corrected chi connectivity index (χ2v) is 30.2. The summed E-state index contributed by atoms with van der Waals surface area (Å²) < 4.78 is 34.4. The van der Waals surface area contributed by atoms with Gasteiger partial charge in [-0.25, -0.2) is 0 Å². The molecule has 94 heavy (non-hydrogen) atoms. The number of allylic oxidation sites excluding steroid dienone is 12. The predicted octanol–water partition coefficient (Wildman–Crippen LogP) is 26.4. The van der Waals surface area contributed by atoms with Gasteiger partial charge in [0, 0.05) is 12.8 Å². The molecular weight excluding hydrogens is 1180 g/mol. The molecule has 0 heterocycles. The highest BCUT2D eigenvalue weighted by Crippen LogP contribution is 2.38. The van der Waals surface area contributed by atoms with Crippen LogP contribution >= 0.6 is 7.82 Å². The Morgan fingerprint density at radius 3 is 0.904 bits per heavy atom. The molecule has 9 nitrogen and oxygen atoms in total. The van der Waals surface area contributed by atoms with E-state index in [-0.39, 0.29) is 32.0 Å². The van der Waals surface area contributed by atoms with E-state index in [0.717, 1.165) is 70.6 Å². The van der Waals surface area contributed by atoms with Gasteiger partial charge in [-0.05, 0) is 64.2 Å². The minimum absolute atomic E-state index is 0.0283. The number of nitrogens with zero attached hydrogens (tertiary/aromatic N) is 1. The highest BCUT2D eigenvalue weighted by atomic mass is 31.2. The van der Waals surface area contributed by atoms with Crippen molar-refractivity contribution in [3.8, 4) is 0 Å². The first-order valence-corrected chi connectivity index (χ1v) is 42.1. The van der Waals surface area contributed by atoms with Crippen LogP contribution in [0.2, 0.25) is 0 Å². The fraction of sp³-hybridized carbons (Fsp3) is 0.833. The molecule has 550 valence electrons. The summed E-state index contributed by atoms with van der Waals surface area (Å²) in [7, 11) is 1.19. The number of rotatable bonds is 76. The molecule has 0 aromatic rings. The Morgan fingerprint density at radius 2 is 0.606 bits per heavy atom. The van der Waals surface area contributed by atoms with Gasteiger partial charge in [-0.3, -0.25) is 14.2 Å². The lowest BCUT2D eigenvalue weighted by molar-refractivity contribution is -0.870. The Bertz CT molecular complexity index is 1820. The quantitative estimate of drug-likeness (QED) is 0.0195. The van der Waals surface area contributed by atoms with Gasteiger partial charge < -0.3 is 27.9 Å². The number of quaternary nitrogens is 1. The SMILES string of the molecule is CC/C=C\C/C=C\C/C=C\C/C=C\C/C=C\C/C=C\CCCCCCCCCCCCCCCCCCCCCCCCC(=O)OC(COC(=O)CCCCCCCCCCCCCCCCCCCCCCCCCCCCCCC)COP(=O)([O-])OCC[N+](C)(C)C. The molecule has 0 aromatic heterocycles. The molecule has 0 rings (SSSR count). The lowest BCUT2D eigenvalue weighted by atomic mass is 10.0. The number of likely N-dealkylation sites (N-methyl/N-ethyl adjacent to an activating group) is 1. The van der Waals surface area contributed by atoms with Crippen molar-refractivity contribution in [2.75, 3.05) is 47.5 Å². The second-order valence-electron chi connectivity index (χ2n) is 28.8. The summed E-state index contributed by atoms with van der Waals surface area (Å²) in [4.78, 5) is 38.2. The molecule has 2 atom stereocenters. The van der Waals surface area contributed by atoms with Crippen molar-refractivity contribution in [3.63, 3.8) is 0 Å². The molecule has 0 aliphatic rings. The van der Waals surface area contributed by atoms with Crippen LogP contribution in [0.15, 0.2) is 72.9 Å². The third-order valence-electron chi connectivity index (χ3n) is 18.2. The van der Waals surface area contributed by atoms with Crippen LogP contribution in [0.3, 0.4) is 0 Å². The molecule has 10 heteroatoms. The van der Waals surface area contributed by atoms with E-state index in [9.17, 15) is 19.0 Å². The molecule has 0 bridgehead atoms. The van der Waals surface area contributed by atoms with Gasteiger partial charge in [-0.1, -0.05) is 395 Å². The Morgan fingerprint density at radius 1 is 0.340 bits per heavy atom. The van der Waals surface area contributed by atoms with Crippen LogP contribution in [0, 0.1) is 0 Å². The average molecular weight is 1340 g/mol. The number of phosphoric ester groups is 1. The lowest BCUT2D eigenvalue weighted by Gasteiger charge is -2.28. The van der Waals surface area contributed by atoms with Gasteiger partial charge in [0.1, 0.15) is 19.8 Å². The second kappa shape index (κ2) is 74.7. The van der Waals surface area contributed by atoms with Crippen LogP contribution in [0.1, 0.15) is 399 Å². The minimum atomic E-state index is -4.64. The summed E-state index contributed by atoms with van der Waals surface area (Å²) >= 11 is 0. The van der Waals surface area contributed by atoms with Gasteiger partial charge in [0.15, 0.2) is 6.10 Å². The summed E-state index contributed by atoms with van der Waals surface area (Å²) in [6.07, 6.45) is 102. The van der Waals surface area contributed by atoms with E-state index < -0.39 is 26.5 Å². The standard InChI is InChI=1S/C84H156NO8P/c1-6-8-10-12-14-16-18-20-22-24-26-28-30-32-34-36-37-38-39-40-41-42-43-44-45-46-47-49-51-53-55-57-59-61-63-65-67-69-71-73-75-77-84(87)93-82(81-92-94(88,89)91-79-78-85(3,4)5)80-90-83(86)76-74-72-70-68-66-64-62-60-58-56-54-52-50-48-35-33-31-29-27-25-23-21-19-17-15-13-11-9-7-2/h8,10,14,16,20,22,26,28,32,34,37-38,82H,6-7,9,11-13,15,17-19,21,23-25,27,29-31,33,35-36,39-81H2,1-5H3/b10-8-,16-14-,22-20-,28-26-,34-32-,38-37-. The number of phosphoric acid groups is 1. The van der Waals surface area contributed by atoms with Crippen molar-refractivity contribution in [1.29, 1.82) is 0 Å². The smallest absolute Gasteiger partial charge is 0.306 e. The van der Waals surface area contributed by atoms with Gasteiger partial charge in [0.05, 0.1) is 27.7 Å². The van der Waals surface area contributed by atoms with Gasteiger partial charge in [-0.2, -0.15) is 0 Å². The Kier molecular flexibility index (Phi) is 72.6. The average Bonchev–Trinajstić information content (AvgIpc) is 1.57. The Balaban J connectivity index is 3.90. The van der Waals surface area contributed by atoms with E-state index in [1.54, 1.807) is 0 Å². The zero-order valence-corrected chi connectivity index (χ0v) is 63.8. The van der Waals surface area contributed by atoms with Gasteiger partial charge >= 0.3 is 11.9 Å². The summed E-state index contributed by atoms with van der Waals surface area (Å²) in [6.45, 7) is 4.20. The molecule has 0 aliphatic carbocycles. The van der Waals surface area contributed by atoms with Gasteiger partial charge in [-0.15, -0.1) is 0 Å². The molecule has 0 aromatic carbocycles. The van der Waals surface area contributed by atoms with Crippen LogP contribution in [0.4, 0.5) is 0 Å². The third kappa shape index (κ3) is 78.4. The largest absolute Gasteiger partial charge is 0.756 e. The van der Waals surface area contributed by atoms with Crippen molar-refractivity contribution < 1.29 is 42.1 Å². The zero-order valence-electron chi connectivity index (χ0n) is 62.9. The molecule has 0 radical (unpaired) electrons. The van der Waals surface area contributed by atoms with Crippen molar-refractivity contribution in [3.05, 3.63) is 72.9 Å². The van der Waals surface area contributed by atoms with Gasteiger partial charge in [0.25, 0.3) is 7.82 Å². The molecule has 0 fully saturated rings. The van der Waals surface area contributed by atoms with Crippen molar-refractivity contribution >= 4 is 19.8 Å². The molecule has 2 unspecified atom stereocenters. The maximum atomic E-state index is 12.9. The van der Waals surface area contributed by atoms with E-state index >= 15 is 0 Å². The number of hydrogen-bond donors (Lipinski definition) is 0. The molecule has 0 amide bonds. The lowest BCUT2D eigenvalue weighted by Crippen LogP contribution is -2.37. The molecule has 0 spiro atoms. The van der Waals surface area contributed by atoms with E-state index in [0.29, 0.717) is 17.4 Å². The van der Waals surface area contributed by atoms with E-state index in [1.165, 1.54) is 295 Å². The van der Waals surface area contributed by atoms with E-state index in [2.05, 4.69) is 86.8 Å². The van der Waals surface area contributed by atoms with Gasteiger partial charge in [0.2, 0.25) is 0 Å². The van der Waals surface area contributed by atoms with E-state index in [1.807, 2.05) is 21.1 Å². The summed E-state index contributed by atoms with van der Waals surface area (Å²) in [6, 6.07) is 0. The number of unbranched alkanes of at least 4 members (excludes halogenated alkanes) is 50. The summed E-state index contributed by atoms with van der Waals surface area (Å²) in [5, 5.41) is 0. The third-order valence-corrected chi connectivity index (χ3v) is 19.2. The fourth-order valence-corrected chi connectivity index (χ4v) is 12.8. The molecular formula is C84H156NO8P. The fourth-order valence-electron chi connectivity index (χ4n) is 12.1. The highest BCUT2D eigenvalue weighted by Gasteiger charge is 2.22. The number of carbonyl (C=O) groups is 2. The maximum Gasteiger partial charge on any atom is 0.306 e. The maximum absolute atomic E-state index is 12.9. The Labute approximate surface area is 584 Å². The van der Waals surface area contributed by atoms with Crippen molar-refractivity contribution in [2.45, 2.75) is 405 Å². The zero-order chi connectivity index (χ0) is 68.3. The minimum Gasteiger partial charge on any atom is -0.756 e. The van der Waals surface area contributed by atoms with E-state index in [4.69, 9.17) is 18.5 Å². The predicted molar refractivity (Wildman–Crippen MR) is 406 cm³/mol. The molecule has 0 aliphatic heterocycles. The normalized spacial score (nSPS) is 13.4. The first-order chi connectivity index (χ1) is 46.0. The highest BCUT2D eigenvalue weighted by molar-refractivity contribution is 7.45. The topological polar surface area (TPSA) is 111 Å². The summed E-state index contributed by atoms with van der Waals surface area (Å²) in [5.74, 6) is -0.809. The molecule has 0 saturated heterocycles. The van der Waals surface area contributed by atoms with Crippen molar-refractivity contribution in [1.82, 2.24) is 0 Å². The number of hydrogen-bond acceptors (Lipinski definition) is 8. The summed E-state index contributed by atoms with van der Waals surface area (Å²) in [5.41, 5.74) is 0. The monoisotopic (exact) mass is 1340 g/mol. The number of carbonyl (C=O) groups excluding carboxylic acids is 2. The van der Waals surface area contributed by atoms with Crippen LogP contribution in [-0.2, 0) is 32.7 Å². The first-order valence-electron chi connectivity index (χ1n) is 40.6. The van der Waals surface area contributed by atoms with Crippen LogP contribution in [0.5, 0.6) is 0 Å². The Hall–Kier alpha value is -2.55. The van der Waals surface area contributed by atoms with Crippen LogP contribution in [-0.4, -0.2) is 70.0 Å². The molecule has 0 N–H and O–H groups in total. The van der Waals surface area contributed by atoms with Crippen LogP contribution in [0.25, 0.3) is 0 Å².